The molecule has 0 atom stereocenters. The molecule has 7 nitrogen and oxygen atoms in total. The number of nitrogens with zero attached hydrogens (tertiary/aromatic N) is 4. The molecular weight excluding hydrogens is 543 g/mol. The first-order valence-corrected chi connectivity index (χ1v) is 15.4. The van der Waals surface area contributed by atoms with Crippen LogP contribution in [0.4, 0.5) is 4.39 Å². The lowest BCUT2D eigenvalue weighted by Crippen LogP contribution is -2.39. The van der Waals surface area contributed by atoms with Crippen molar-refractivity contribution < 1.29 is 18.7 Å². The summed E-state index contributed by atoms with van der Waals surface area (Å²) >= 11 is 0. The number of ketones is 1. The van der Waals surface area contributed by atoms with E-state index in [2.05, 4.69) is 11.1 Å². The van der Waals surface area contributed by atoms with Crippen LogP contribution in [0.15, 0.2) is 66.9 Å². The van der Waals surface area contributed by atoms with E-state index in [1.165, 1.54) is 12.1 Å². The molecule has 1 amide bonds. The van der Waals surface area contributed by atoms with Crippen LogP contribution in [0.1, 0.15) is 52.0 Å². The molecule has 0 spiro atoms. The quantitative estimate of drug-likeness (QED) is 0.227. The van der Waals surface area contributed by atoms with Crippen LogP contribution in [0.25, 0.3) is 22.0 Å². The molecule has 0 unspecified atom stereocenters. The lowest BCUT2D eigenvalue weighted by atomic mass is 9.96. The van der Waals surface area contributed by atoms with E-state index in [9.17, 15) is 14.0 Å². The van der Waals surface area contributed by atoms with E-state index in [1.54, 1.807) is 12.1 Å². The second-order valence-electron chi connectivity index (χ2n) is 11.9. The smallest absolute Gasteiger partial charge is 0.253 e. The fourth-order valence-corrected chi connectivity index (χ4v) is 6.26. The summed E-state index contributed by atoms with van der Waals surface area (Å²) in [6.45, 7) is 8.60. The van der Waals surface area contributed by atoms with Crippen molar-refractivity contribution in [3.05, 3.63) is 89.4 Å². The lowest BCUT2D eigenvalue weighted by molar-refractivity contribution is 0.0371. The predicted molar refractivity (Wildman–Crippen MR) is 166 cm³/mol. The molecule has 2 aliphatic heterocycles. The van der Waals surface area contributed by atoms with Crippen LogP contribution in [-0.2, 0) is 11.3 Å². The number of hydrogen-bond acceptors (Lipinski definition) is 5. The molecule has 3 aromatic carbocycles. The summed E-state index contributed by atoms with van der Waals surface area (Å²) in [7, 11) is 0. The Bertz CT molecular complexity index is 1570. The molecule has 0 N–H and O–H groups in total. The standard InChI is InChI=1S/C35H39FN4O3/c1-25-21-33-30(22-32(25)34(41)3-2-14-38-17-19-43-20-18-38)24-40(37-33)23-26-12-15-39(16-13-26)35(42)29-6-4-27(5-7-29)28-8-10-31(36)11-9-28/h4-11,21-22,24,26H,2-3,12-20,23H2,1H3. The van der Waals surface area contributed by atoms with Crippen LogP contribution in [0.2, 0.25) is 0 Å². The number of likely N-dealkylation sites (tertiary alicyclic amines) is 1. The van der Waals surface area contributed by atoms with Crippen molar-refractivity contribution in [2.75, 3.05) is 45.9 Å². The predicted octanol–water partition coefficient (Wildman–Crippen LogP) is 6.00. The Kier molecular flexibility index (Phi) is 8.95. The maximum Gasteiger partial charge on any atom is 0.253 e. The van der Waals surface area contributed by atoms with Gasteiger partial charge in [0, 0.05) is 61.9 Å². The molecule has 2 saturated heterocycles. The van der Waals surface area contributed by atoms with Crippen LogP contribution in [0, 0.1) is 18.7 Å². The molecule has 2 fully saturated rings. The van der Waals surface area contributed by atoms with Crippen molar-refractivity contribution in [1.82, 2.24) is 19.6 Å². The molecule has 0 aliphatic carbocycles. The molecule has 6 rings (SSSR count). The van der Waals surface area contributed by atoms with Crippen LogP contribution in [0.3, 0.4) is 0 Å². The third kappa shape index (κ3) is 7.03. The van der Waals surface area contributed by atoms with Crippen LogP contribution >= 0.6 is 0 Å². The largest absolute Gasteiger partial charge is 0.379 e. The summed E-state index contributed by atoms with van der Waals surface area (Å²) in [5.74, 6) is 0.414. The zero-order valence-corrected chi connectivity index (χ0v) is 24.8. The topological polar surface area (TPSA) is 67.7 Å². The zero-order valence-electron chi connectivity index (χ0n) is 24.8. The Labute approximate surface area is 252 Å². The van der Waals surface area contributed by atoms with Crippen molar-refractivity contribution >= 4 is 22.6 Å². The number of fused-ring (bicyclic) bond motifs is 1. The number of amides is 1. The molecular formula is C35H39FN4O3. The number of rotatable bonds is 9. The lowest BCUT2D eigenvalue weighted by Gasteiger charge is -2.32. The molecule has 8 heteroatoms. The van der Waals surface area contributed by atoms with E-state index >= 15 is 0 Å². The van der Waals surface area contributed by atoms with Gasteiger partial charge in [0.2, 0.25) is 0 Å². The zero-order chi connectivity index (χ0) is 29.8. The third-order valence-electron chi connectivity index (χ3n) is 8.84. The van der Waals surface area contributed by atoms with E-state index in [0.717, 1.165) is 91.8 Å². The molecule has 2 aliphatic rings. The van der Waals surface area contributed by atoms with Crippen LogP contribution in [-0.4, -0.2) is 77.2 Å². The monoisotopic (exact) mass is 582 g/mol. The minimum Gasteiger partial charge on any atom is -0.379 e. The van der Waals surface area contributed by atoms with E-state index in [0.29, 0.717) is 31.0 Å². The normalized spacial score (nSPS) is 16.6. The second kappa shape index (κ2) is 13.2. The maximum atomic E-state index is 13.2. The van der Waals surface area contributed by atoms with Crippen molar-refractivity contribution in [3.8, 4) is 11.1 Å². The number of carbonyl (C=O) groups is 2. The van der Waals surface area contributed by atoms with Crippen molar-refractivity contribution in [2.24, 2.45) is 5.92 Å². The summed E-state index contributed by atoms with van der Waals surface area (Å²) in [5.41, 5.74) is 5.24. The summed E-state index contributed by atoms with van der Waals surface area (Å²) in [6.07, 6.45) is 5.30. The Morgan fingerprint density at radius 3 is 2.30 bits per heavy atom. The van der Waals surface area contributed by atoms with Gasteiger partial charge in [0.15, 0.2) is 5.78 Å². The number of aromatic nitrogens is 2. The van der Waals surface area contributed by atoms with Gasteiger partial charge in [-0.15, -0.1) is 0 Å². The summed E-state index contributed by atoms with van der Waals surface area (Å²) in [6, 6.07) is 18.0. The third-order valence-corrected chi connectivity index (χ3v) is 8.84. The van der Waals surface area contributed by atoms with Gasteiger partial charge in [-0.3, -0.25) is 19.2 Å². The highest BCUT2D eigenvalue weighted by Crippen LogP contribution is 2.25. The Hall–Kier alpha value is -3.88. The fraction of sp³-hybridized carbons (Fsp3) is 0.400. The van der Waals surface area contributed by atoms with Crippen molar-refractivity contribution in [2.45, 2.75) is 39.2 Å². The van der Waals surface area contributed by atoms with E-state index < -0.39 is 0 Å². The van der Waals surface area contributed by atoms with Gasteiger partial charge in [-0.2, -0.15) is 5.10 Å². The minimum absolute atomic E-state index is 0.0477. The van der Waals surface area contributed by atoms with Gasteiger partial charge in [0.25, 0.3) is 5.91 Å². The number of halogens is 1. The average Bonchev–Trinajstić information content (AvgIpc) is 3.42. The Balaban J connectivity index is 1.01. The highest BCUT2D eigenvalue weighted by molar-refractivity contribution is 6.01. The first-order valence-electron chi connectivity index (χ1n) is 15.4. The van der Waals surface area contributed by atoms with E-state index in [-0.39, 0.29) is 17.5 Å². The first kappa shape index (κ1) is 29.2. The molecule has 1 aromatic heterocycles. The average molecular weight is 583 g/mol. The van der Waals surface area contributed by atoms with Gasteiger partial charge in [0.1, 0.15) is 5.82 Å². The second-order valence-corrected chi connectivity index (χ2v) is 11.9. The minimum atomic E-state index is -0.262. The van der Waals surface area contributed by atoms with Gasteiger partial charge >= 0.3 is 0 Å². The Morgan fingerprint density at radius 1 is 0.930 bits per heavy atom. The number of hydrogen-bond donors (Lipinski definition) is 0. The number of carbonyl (C=O) groups excluding carboxylic acids is 2. The van der Waals surface area contributed by atoms with Gasteiger partial charge in [-0.1, -0.05) is 24.3 Å². The molecule has 43 heavy (non-hydrogen) atoms. The van der Waals surface area contributed by atoms with Crippen molar-refractivity contribution in [1.29, 1.82) is 0 Å². The Morgan fingerprint density at radius 2 is 1.60 bits per heavy atom. The SMILES string of the molecule is Cc1cc2nn(CC3CCN(C(=O)c4ccc(-c5ccc(F)cc5)cc4)CC3)cc2cc1C(=O)CCCN1CCOCC1. The van der Waals surface area contributed by atoms with Gasteiger partial charge in [0.05, 0.1) is 18.7 Å². The summed E-state index contributed by atoms with van der Waals surface area (Å²) in [5, 5.41) is 5.82. The molecule has 0 bridgehead atoms. The van der Waals surface area contributed by atoms with Gasteiger partial charge in [-0.05, 0) is 91.7 Å². The van der Waals surface area contributed by atoms with Gasteiger partial charge < -0.3 is 9.64 Å². The van der Waals surface area contributed by atoms with Gasteiger partial charge in [-0.25, -0.2) is 4.39 Å². The van der Waals surface area contributed by atoms with Crippen LogP contribution < -0.4 is 0 Å². The first-order chi connectivity index (χ1) is 20.9. The number of aryl methyl sites for hydroxylation is 1. The molecule has 3 heterocycles. The number of benzene rings is 3. The summed E-state index contributed by atoms with van der Waals surface area (Å²) < 4.78 is 20.7. The molecule has 0 saturated carbocycles. The fourth-order valence-electron chi connectivity index (χ4n) is 6.26. The highest BCUT2D eigenvalue weighted by atomic mass is 19.1. The molecule has 224 valence electrons. The summed E-state index contributed by atoms with van der Waals surface area (Å²) in [4.78, 5) is 30.5. The number of morpholine rings is 1. The van der Waals surface area contributed by atoms with Crippen LogP contribution in [0.5, 0.6) is 0 Å². The number of Topliss-reactive ketones (excluding diaryl/α,β-unsaturated/α-hetero) is 1. The molecule has 0 radical (unpaired) electrons. The number of ether oxygens (including phenoxy) is 1. The van der Waals surface area contributed by atoms with E-state index in [4.69, 9.17) is 9.84 Å². The highest BCUT2D eigenvalue weighted by Gasteiger charge is 2.24. The number of piperidine rings is 1. The maximum absolute atomic E-state index is 13.2. The molecule has 4 aromatic rings. The van der Waals surface area contributed by atoms with E-state index in [1.807, 2.05) is 52.9 Å². The van der Waals surface area contributed by atoms with Crippen molar-refractivity contribution in [3.63, 3.8) is 0 Å².